The number of hydrogen-bond acceptors (Lipinski definition) is 4. The second kappa shape index (κ2) is 10.1. The molecule has 0 fully saturated rings. The number of ether oxygens (including phenoxy) is 1. The zero-order valence-corrected chi connectivity index (χ0v) is 21.1. The van der Waals surface area contributed by atoms with Crippen LogP contribution in [0.4, 0.5) is 11.4 Å². The Labute approximate surface area is 202 Å². The first-order valence-corrected chi connectivity index (χ1v) is 10.6. The average molecular weight is 529 g/mol. The molecule has 1 aliphatic heterocycles. The summed E-state index contributed by atoms with van der Waals surface area (Å²) in [5.74, 6) is 1.38. The summed E-state index contributed by atoms with van der Waals surface area (Å²) in [4.78, 5) is 8.85. The molecule has 0 saturated carbocycles. The van der Waals surface area contributed by atoms with Crippen molar-refractivity contribution in [1.82, 2.24) is 14.5 Å². The number of fused-ring (bicyclic) bond motifs is 1. The summed E-state index contributed by atoms with van der Waals surface area (Å²) in [6, 6.07) is 13.8. The minimum absolute atomic E-state index is 0. The van der Waals surface area contributed by atoms with Gasteiger partial charge >= 0.3 is 178 Å². The normalized spacial score (nSPS) is 16.4. The maximum Gasteiger partial charge on any atom is -0.147 e. The van der Waals surface area contributed by atoms with E-state index in [1.54, 1.807) is 6.33 Å². The zero-order valence-electron chi connectivity index (χ0n) is 16.3. The molecule has 2 N–H and O–H groups in total. The number of aryl methyl sites for hydroxylation is 1. The van der Waals surface area contributed by atoms with Crippen LogP contribution >= 0.6 is 36.4 Å². The van der Waals surface area contributed by atoms with E-state index in [1.165, 1.54) is 16.9 Å². The number of hydrogen-bond donors (Lipinski definition) is 1. The third kappa shape index (κ3) is 4.52. The van der Waals surface area contributed by atoms with E-state index in [0.29, 0.717) is 28.3 Å². The first-order chi connectivity index (χ1) is 13.5. The SMILES string of the molecule is Cc1cccc(Oc2ccc([N+]3(CCN)C=Cc4ncnc([AsH2])c43)cc2Cl)c1.Cl.Cl. The number of nitrogens with zero attached hydrogens (tertiary/aromatic N) is 3. The Kier molecular flexibility index (Phi) is 8.34. The van der Waals surface area contributed by atoms with Crippen LogP contribution in [0, 0.1) is 6.92 Å². The standard InChI is InChI=1S/C21H21AsClN4O.2ClH/c1-14-3-2-4-16(11-14)28-19-6-5-15(12-17(19)23)27(10-8-24)9-7-18-20(27)21(22)26-13-25-18;;/h2-7,9,11-13H,8,10,22,24H2,1H3;2*1H/q+1;;. The van der Waals surface area contributed by atoms with E-state index >= 15 is 0 Å². The van der Waals surface area contributed by atoms with Crippen molar-refractivity contribution in [2.45, 2.75) is 6.92 Å². The Hall–Kier alpha value is -1.59. The van der Waals surface area contributed by atoms with Gasteiger partial charge in [0.2, 0.25) is 0 Å². The predicted octanol–water partition coefficient (Wildman–Crippen LogP) is 3.91. The minimum Gasteiger partial charge on any atom is -0.147 e. The summed E-state index contributed by atoms with van der Waals surface area (Å²) in [6.07, 6.45) is 5.75. The Morgan fingerprint density at radius 3 is 2.63 bits per heavy atom. The van der Waals surface area contributed by atoms with Gasteiger partial charge in [0.25, 0.3) is 0 Å². The summed E-state index contributed by atoms with van der Waals surface area (Å²) in [5.41, 5.74) is 10.1. The topological polar surface area (TPSA) is 61.0 Å². The third-order valence-corrected chi connectivity index (χ3v) is 6.02. The van der Waals surface area contributed by atoms with Gasteiger partial charge < -0.3 is 0 Å². The molecule has 0 amide bonds. The summed E-state index contributed by atoms with van der Waals surface area (Å²) in [5, 5.41) is 0.551. The first-order valence-electron chi connectivity index (χ1n) is 8.96. The van der Waals surface area contributed by atoms with E-state index in [1.807, 2.05) is 55.5 Å². The maximum absolute atomic E-state index is 6.61. The van der Waals surface area contributed by atoms with Crippen LogP contribution in [-0.4, -0.2) is 39.9 Å². The van der Waals surface area contributed by atoms with Crippen LogP contribution in [0.5, 0.6) is 11.5 Å². The smallest absolute Gasteiger partial charge is 0.147 e. The van der Waals surface area contributed by atoms with Gasteiger partial charge in [0, 0.05) is 0 Å². The van der Waals surface area contributed by atoms with E-state index in [2.05, 4.69) is 16.2 Å². The van der Waals surface area contributed by atoms with Gasteiger partial charge in [-0.1, -0.05) is 0 Å². The third-order valence-electron chi connectivity index (χ3n) is 4.84. The average Bonchev–Trinajstić information content (AvgIpc) is 3.05. The number of benzene rings is 2. The van der Waals surface area contributed by atoms with Gasteiger partial charge in [0.05, 0.1) is 0 Å². The van der Waals surface area contributed by atoms with Crippen molar-refractivity contribution in [3.8, 4) is 11.5 Å². The van der Waals surface area contributed by atoms with Gasteiger partial charge in [-0.15, -0.1) is 24.8 Å². The summed E-state index contributed by atoms with van der Waals surface area (Å²) in [6.45, 7) is 3.24. The van der Waals surface area contributed by atoms with Gasteiger partial charge in [-0.05, 0) is 0 Å². The van der Waals surface area contributed by atoms with Crippen LogP contribution in [0.15, 0.2) is 55.0 Å². The van der Waals surface area contributed by atoms with E-state index in [-0.39, 0.29) is 24.8 Å². The summed E-state index contributed by atoms with van der Waals surface area (Å²) < 4.78 is 7.45. The quantitative estimate of drug-likeness (QED) is 0.403. The largest absolute Gasteiger partial charge is 0.147 e. The number of halogens is 3. The molecule has 1 aliphatic rings. The predicted molar refractivity (Wildman–Crippen MR) is 132 cm³/mol. The molecule has 2 atom stereocenters. The molecule has 2 heterocycles. The minimum atomic E-state index is 0. The molecular formula is C21H23AsCl3N4O+. The van der Waals surface area contributed by atoms with Crippen molar-refractivity contribution in [1.29, 1.82) is 0 Å². The number of nitrogens with two attached hydrogens (primary N) is 1. The van der Waals surface area contributed by atoms with Crippen LogP contribution in [-0.2, 0) is 0 Å². The molecule has 4 rings (SSSR count). The van der Waals surface area contributed by atoms with E-state index in [4.69, 9.17) is 22.1 Å². The zero-order chi connectivity index (χ0) is 19.7. The summed E-state index contributed by atoms with van der Waals surface area (Å²) in [7, 11) is 0. The monoisotopic (exact) mass is 527 g/mol. The van der Waals surface area contributed by atoms with Crippen molar-refractivity contribution in [3.63, 3.8) is 0 Å². The van der Waals surface area contributed by atoms with Gasteiger partial charge in [-0.3, -0.25) is 0 Å². The molecule has 0 radical (unpaired) electrons. The molecule has 158 valence electrons. The molecule has 9 heteroatoms. The molecule has 0 aliphatic carbocycles. The van der Waals surface area contributed by atoms with Crippen molar-refractivity contribution < 1.29 is 4.74 Å². The Balaban J connectivity index is 0.00000160. The van der Waals surface area contributed by atoms with Crippen LogP contribution < -0.4 is 19.4 Å². The van der Waals surface area contributed by atoms with Crippen molar-refractivity contribution >= 4 is 75.2 Å². The second-order valence-corrected chi connectivity index (χ2v) is 8.28. The van der Waals surface area contributed by atoms with Gasteiger partial charge in [0.1, 0.15) is 0 Å². The molecule has 0 bridgehead atoms. The van der Waals surface area contributed by atoms with Gasteiger partial charge in [0.15, 0.2) is 0 Å². The van der Waals surface area contributed by atoms with Crippen molar-refractivity contribution in [2.75, 3.05) is 13.1 Å². The maximum atomic E-state index is 6.61. The molecule has 3 aromatic rings. The van der Waals surface area contributed by atoms with E-state index in [9.17, 15) is 0 Å². The molecule has 2 aromatic carbocycles. The molecule has 5 nitrogen and oxygen atoms in total. The van der Waals surface area contributed by atoms with E-state index < -0.39 is 0 Å². The molecule has 0 spiro atoms. The fraction of sp³-hybridized carbons (Fsp3) is 0.143. The number of aromatic nitrogens is 2. The molecule has 0 saturated heterocycles. The number of quaternary nitrogens is 1. The van der Waals surface area contributed by atoms with Crippen LogP contribution in [0.25, 0.3) is 6.08 Å². The first kappa shape index (κ1) is 24.7. The molecule has 1 aromatic heterocycles. The Bertz CT molecular complexity index is 1080. The van der Waals surface area contributed by atoms with Crippen LogP contribution in [0.1, 0.15) is 11.3 Å². The fourth-order valence-corrected chi connectivity index (χ4v) is 4.72. The van der Waals surface area contributed by atoms with E-state index in [0.717, 1.165) is 32.9 Å². The van der Waals surface area contributed by atoms with Gasteiger partial charge in [-0.2, -0.15) is 0 Å². The Morgan fingerprint density at radius 1 is 1.13 bits per heavy atom. The molecule has 30 heavy (non-hydrogen) atoms. The van der Waals surface area contributed by atoms with Gasteiger partial charge in [-0.25, -0.2) is 0 Å². The number of rotatable bonds is 5. The van der Waals surface area contributed by atoms with Crippen LogP contribution in [0.2, 0.25) is 5.02 Å². The Morgan fingerprint density at radius 2 is 1.93 bits per heavy atom. The second-order valence-electron chi connectivity index (χ2n) is 6.72. The summed E-state index contributed by atoms with van der Waals surface area (Å²) >= 11 is 8.08. The fourth-order valence-electron chi connectivity index (χ4n) is 3.57. The van der Waals surface area contributed by atoms with Crippen molar-refractivity contribution in [3.05, 3.63) is 71.3 Å². The molecule has 2 unspecified atom stereocenters. The molecular weight excluding hydrogens is 506 g/mol. The van der Waals surface area contributed by atoms with Crippen molar-refractivity contribution in [2.24, 2.45) is 5.73 Å². The van der Waals surface area contributed by atoms with Crippen LogP contribution in [0.3, 0.4) is 0 Å².